The van der Waals surface area contributed by atoms with Crippen molar-refractivity contribution in [1.82, 2.24) is 10.3 Å². The Kier molecular flexibility index (Phi) is 8.59. The second-order valence-electron chi connectivity index (χ2n) is 8.23. The van der Waals surface area contributed by atoms with Gasteiger partial charge in [-0.3, -0.25) is 9.59 Å². The standard InChI is InChI=1S/C27H27N3O7S/c1-34-18-6-5-17-13-19(26(33)37-22(17)14-18)20-15-38-27(29-20)30-25(32)9-8-24(31)28-11-10-16-4-7-21(35-2)23(12-16)36-3/h4-7,12-15H,8-11H2,1-3H3,(H,28,31)(H,29,30,32). The van der Waals surface area contributed by atoms with Crippen molar-refractivity contribution in [2.45, 2.75) is 19.3 Å². The second kappa shape index (κ2) is 12.2. The average molecular weight is 538 g/mol. The van der Waals surface area contributed by atoms with E-state index in [1.54, 1.807) is 43.9 Å². The molecule has 4 aromatic rings. The van der Waals surface area contributed by atoms with Crippen molar-refractivity contribution in [1.29, 1.82) is 0 Å². The fourth-order valence-corrected chi connectivity index (χ4v) is 4.46. The highest BCUT2D eigenvalue weighted by Crippen LogP contribution is 2.28. The van der Waals surface area contributed by atoms with E-state index in [-0.39, 0.29) is 30.2 Å². The van der Waals surface area contributed by atoms with Crippen molar-refractivity contribution in [2.24, 2.45) is 0 Å². The first-order valence-electron chi connectivity index (χ1n) is 11.8. The Morgan fingerprint density at radius 3 is 2.50 bits per heavy atom. The summed E-state index contributed by atoms with van der Waals surface area (Å²) in [5, 5.41) is 8.20. The second-order valence-corrected chi connectivity index (χ2v) is 9.08. The maximum Gasteiger partial charge on any atom is 0.345 e. The molecule has 198 valence electrons. The molecule has 0 atom stereocenters. The molecule has 38 heavy (non-hydrogen) atoms. The fourth-order valence-electron chi connectivity index (χ4n) is 3.73. The van der Waals surface area contributed by atoms with Gasteiger partial charge in [0.2, 0.25) is 11.8 Å². The summed E-state index contributed by atoms with van der Waals surface area (Å²) in [7, 11) is 4.68. The average Bonchev–Trinajstić information content (AvgIpc) is 3.39. The minimum absolute atomic E-state index is 0.00292. The van der Waals surface area contributed by atoms with Crippen molar-refractivity contribution in [3.8, 4) is 28.5 Å². The van der Waals surface area contributed by atoms with Gasteiger partial charge in [-0.05, 0) is 42.3 Å². The molecular weight excluding hydrogens is 510 g/mol. The molecule has 2 aromatic heterocycles. The van der Waals surface area contributed by atoms with Crippen molar-refractivity contribution in [3.05, 3.63) is 63.8 Å². The number of benzene rings is 2. The molecule has 2 heterocycles. The third kappa shape index (κ3) is 6.48. The number of nitrogens with one attached hydrogen (secondary N) is 2. The molecular formula is C27H27N3O7S. The van der Waals surface area contributed by atoms with Crippen LogP contribution in [0.3, 0.4) is 0 Å². The van der Waals surface area contributed by atoms with Crippen molar-refractivity contribution in [2.75, 3.05) is 33.2 Å². The van der Waals surface area contributed by atoms with Crippen LogP contribution in [-0.2, 0) is 16.0 Å². The molecule has 2 aromatic carbocycles. The number of carbonyl (C=O) groups excluding carboxylic acids is 2. The Labute approximate surface area is 222 Å². The third-order valence-electron chi connectivity index (χ3n) is 5.73. The largest absolute Gasteiger partial charge is 0.497 e. The Hall–Kier alpha value is -4.38. The van der Waals surface area contributed by atoms with E-state index in [1.165, 1.54) is 18.4 Å². The summed E-state index contributed by atoms with van der Waals surface area (Å²) < 4.78 is 21.1. The molecule has 0 aliphatic rings. The van der Waals surface area contributed by atoms with E-state index in [9.17, 15) is 14.4 Å². The van der Waals surface area contributed by atoms with E-state index in [4.69, 9.17) is 18.6 Å². The number of thiazole rings is 1. The summed E-state index contributed by atoms with van der Waals surface area (Å²) >= 11 is 1.18. The number of anilines is 1. The van der Waals surface area contributed by atoms with Gasteiger partial charge in [0, 0.05) is 36.2 Å². The molecule has 0 radical (unpaired) electrons. The smallest absolute Gasteiger partial charge is 0.345 e. The summed E-state index contributed by atoms with van der Waals surface area (Å²) in [4.78, 5) is 41.4. The Morgan fingerprint density at radius 1 is 0.947 bits per heavy atom. The number of hydrogen-bond donors (Lipinski definition) is 2. The first-order chi connectivity index (χ1) is 18.4. The zero-order valence-electron chi connectivity index (χ0n) is 21.2. The van der Waals surface area contributed by atoms with Gasteiger partial charge in [-0.25, -0.2) is 9.78 Å². The van der Waals surface area contributed by atoms with Crippen molar-refractivity contribution < 1.29 is 28.2 Å². The Balaban J connectivity index is 1.26. The van der Waals surface area contributed by atoms with Crippen LogP contribution in [0.5, 0.6) is 17.2 Å². The lowest BCUT2D eigenvalue weighted by Gasteiger charge is -2.10. The van der Waals surface area contributed by atoms with E-state index < -0.39 is 5.63 Å². The highest BCUT2D eigenvalue weighted by atomic mass is 32.1. The molecule has 0 aliphatic heterocycles. The first-order valence-corrected chi connectivity index (χ1v) is 12.6. The monoisotopic (exact) mass is 537 g/mol. The summed E-state index contributed by atoms with van der Waals surface area (Å²) in [5.74, 6) is 1.27. The number of hydrogen-bond acceptors (Lipinski definition) is 9. The van der Waals surface area contributed by atoms with Crippen LogP contribution >= 0.6 is 11.3 Å². The number of fused-ring (bicyclic) bond motifs is 1. The van der Waals surface area contributed by atoms with Crippen molar-refractivity contribution >= 4 is 39.3 Å². The minimum Gasteiger partial charge on any atom is -0.497 e. The highest BCUT2D eigenvalue weighted by molar-refractivity contribution is 7.14. The molecule has 2 N–H and O–H groups in total. The summed E-state index contributed by atoms with van der Waals surface area (Å²) in [5.41, 5.74) is 1.53. The molecule has 4 rings (SSSR count). The third-order valence-corrected chi connectivity index (χ3v) is 6.49. The van der Waals surface area contributed by atoms with Gasteiger partial charge in [0.15, 0.2) is 16.6 Å². The maximum atomic E-state index is 12.5. The number of ether oxygens (including phenoxy) is 3. The van der Waals surface area contributed by atoms with Gasteiger partial charge in [-0.15, -0.1) is 11.3 Å². The van der Waals surface area contributed by atoms with Gasteiger partial charge >= 0.3 is 5.63 Å². The molecule has 0 saturated carbocycles. The van der Waals surface area contributed by atoms with Crippen molar-refractivity contribution in [3.63, 3.8) is 0 Å². The van der Waals surface area contributed by atoms with Crippen LogP contribution in [0.4, 0.5) is 5.13 Å². The van der Waals surface area contributed by atoms with Crippen LogP contribution in [0.2, 0.25) is 0 Å². The molecule has 10 nitrogen and oxygen atoms in total. The zero-order valence-corrected chi connectivity index (χ0v) is 22.0. The van der Waals surface area contributed by atoms with Gasteiger partial charge in [0.05, 0.1) is 32.6 Å². The molecule has 2 amide bonds. The van der Waals surface area contributed by atoms with E-state index in [0.717, 1.165) is 10.9 Å². The molecule has 0 bridgehead atoms. The van der Waals surface area contributed by atoms with E-state index >= 15 is 0 Å². The molecule has 0 fully saturated rings. The van der Waals surface area contributed by atoms with Crippen LogP contribution in [0.15, 0.2) is 57.1 Å². The van der Waals surface area contributed by atoms with Crippen LogP contribution in [0, 0.1) is 0 Å². The summed E-state index contributed by atoms with van der Waals surface area (Å²) in [6.45, 7) is 0.424. The van der Waals surface area contributed by atoms with Gasteiger partial charge in [0.1, 0.15) is 11.3 Å². The Bertz CT molecular complexity index is 1510. The number of carbonyl (C=O) groups is 2. The number of rotatable bonds is 11. The van der Waals surface area contributed by atoms with Crippen LogP contribution in [-0.4, -0.2) is 44.7 Å². The van der Waals surface area contributed by atoms with Crippen LogP contribution in [0.25, 0.3) is 22.2 Å². The lowest BCUT2D eigenvalue weighted by Crippen LogP contribution is -2.26. The summed E-state index contributed by atoms with van der Waals surface area (Å²) in [6, 6.07) is 12.5. The number of aromatic nitrogens is 1. The van der Waals surface area contributed by atoms with Gasteiger partial charge in [-0.2, -0.15) is 0 Å². The molecule has 0 saturated heterocycles. The zero-order chi connectivity index (χ0) is 27.1. The van der Waals surface area contributed by atoms with Gasteiger partial charge in [-0.1, -0.05) is 6.07 Å². The number of amides is 2. The molecule has 0 aliphatic carbocycles. The maximum absolute atomic E-state index is 12.5. The topological polar surface area (TPSA) is 129 Å². The number of methoxy groups -OCH3 is 3. The predicted molar refractivity (Wildman–Crippen MR) is 144 cm³/mol. The molecule has 11 heteroatoms. The van der Waals surface area contributed by atoms with Crippen LogP contribution in [0.1, 0.15) is 18.4 Å². The number of nitrogens with zero attached hydrogens (tertiary/aromatic N) is 1. The lowest BCUT2D eigenvalue weighted by atomic mass is 10.1. The minimum atomic E-state index is -0.543. The summed E-state index contributed by atoms with van der Waals surface area (Å²) in [6.07, 6.45) is 0.640. The van der Waals surface area contributed by atoms with E-state index in [0.29, 0.717) is 46.6 Å². The highest BCUT2D eigenvalue weighted by Gasteiger charge is 2.14. The Morgan fingerprint density at radius 2 is 1.74 bits per heavy atom. The van der Waals surface area contributed by atoms with E-state index in [2.05, 4.69) is 15.6 Å². The first kappa shape index (κ1) is 26.7. The van der Waals surface area contributed by atoms with Gasteiger partial charge in [0.25, 0.3) is 0 Å². The lowest BCUT2D eigenvalue weighted by molar-refractivity contribution is -0.124. The normalized spacial score (nSPS) is 10.7. The SMILES string of the molecule is COc1ccc2cc(-c3csc(NC(=O)CCC(=O)NCCc4ccc(OC)c(OC)c4)n3)c(=O)oc2c1. The molecule has 0 unspecified atom stereocenters. The quantitative estimate of drug-likeness (QED) is 0.275. The predicted octanol–water partition coefficient (Wildman–Crippen LogP) is 4.02. The van der Waals surface area contributed by atoms with E-state index in [1.807, 2.05) is 18.2 Å². The van der Waals surface area contributed by atoms with Gasteiger partial charge < -0.3 is 29.3 Å². The van der Waals surface area contributed by atoms with Crippen LogP contribution < -0.4 is 30.5 Å². The fraction of sp³-hybridized carbons (Fsp3) is 0.259. The molecule has 0 spiro atoms.